The van der Waals surface area contributed by atoms with Gasteiger partial charge in [0.05, 0.1) is 5.92 Å². The van der Waals surface area contributed by atoms with E-state index in [0.29, 0.717) is 5.92 Å². The Kier molecular flexibility index (Phi) is 3.05. The number of carboxylic acids is 1. The van der Waals surface area contributed by atoms with Gasteiger partial charge in [0, 0.05) is 0 Å². The molecule has 0 aromatic heterocycles. The maximum atomic E-state index is 11.0. The average molecular weight is 204 g/mol. The number of carboxylic acid groups (broad SMARTS) is 1. The summed E-state index contributed by atoms with van der Waals surface area (Å²) in [6.45, 7) is 0. The topological polar surface area (TPSA) is 37.3 Å². The Morgan fingerprint density at radius 1 is 1.27 bits per heavy atom. The van der Waals surface area contributed by atoms with Gasteiger partial charge in [-0.2, -0.15) is 0 Å². The fraction of sp³-hybridized carbons (Fsp3) is 0.462. The highest BCUT2D eigenvalue weighted by molar-refractivity contribution is 5.70. The molecule has 1 fully saturated rings. The SMILES string of the molecule is O=C(O)[C@@H]1CCC[C@@H]1Cc1ccccc1. The van der Waals surface area contributed by atoms with Crippen LogP contribution in [0.4, 0.5) is 0 Å². The van der Waals surface area contributed by atoms with Crippen LogP contribution in [0.1, 0.15) is 24.8 Å². The molecule has 0 aliphatic heterocycles. The van der Waals surface area contributed by atoms with E-state index in [2.05, 4.69) is 12.1 Å². The molecule has 2 rings (SSSR count). The zero-order valence-corrected chi connectivity index (χ0v) is 8.73. The van der Waals surface area contributed by atoms with Gasteiger partial charge in [0.15, 0.2) is 0 Å². The first-order chi connectivity index (χ1) is 7.27. The molecule has 0 bridgehead atoms. The maximum absolute atomic E-state index is 11.0. The minimum absolute atomic E-state index is 0.120. The lowest BCUT2D eigenvalue weighted by molar-refractivity contribution is -0.142. The van der Waals surface area contributed by atoms with Crippen molar-refractivity contribution in [1.29, 1.82) is 0 Å². The van der Waals surface area contributed by atoms with Gasteiger partial charge in [0.25, 0.3) is 0 Å². The summed E-state index contributed by atoms with van der Waals surface area (Å²) in [7, 11) is 0. The molecule has 1 aromatic carbocycles. The van der Waals surface area contributed by atoms with Gasteiger partial charge in [-0.05, 0) is 30.7 Å². The summed E-state index contributed by atoms with van der Waals surface area (Å²) in [4.78, 5) is 11.0. The van der Waals surface area contributed by atoms with Crippen molar-refractivity contribution in [2.24, 2.45) is 11.8 Å². The van der Waals surface area contributed by atoms with E-state index in [1.807, 2.05) is 18.2 Å². The molecule has 1 aliphatic carbocycles. The van der Waals surface area contributed by atoms with Gasteiger partial charge in [0.1, 0.15) is 0 Å². The Morgan fingerprint density at radius 2 is 2.00 bits per heavy atom. The molecule has 0 saturated heterocycles. The second-order valence-electron chi connectivity index (χ2n) is 4.33. The van der Waals surface area contributed by atoms with Crippen LogP contribution < -0.4 is 0 Å². The Morgan fingerprint density at radius 3 is 2.67 bits per heavy atom. The third-order valence-electron chi connectivity index (χ3n) is 3.32. The second-order valence-corrected chi connectivity index (χ2v) is 4.33. The summed E-state index contributed by atoms with van der Waals surface area (Å²) in [5, 5.41) is 9.06. The molecule has 0 heterocycles. The van der Waals surface area contributed by atoms with Crippen molar-refractivity contribution in [2.75, 3.05) is 0 Å². The molecule has 0 amide bonds. The van der Waals surface area contributed by atoms with E-state index < -0.39 is 5.97 Å². The van der Waals surface area contributed by atoms with Gasteiger partial charge in [0.2, 0.25) is 0 Å². The maximum Gasteiger partial charge on any atom is 0.306 e. The van der Waals surface area contributed by atoms with Crippen LogP contribution in [0.25, 0.3) is 0 Å². The fourth-order valence-corrected chi connectivity index (χ4v) is 2.52. The first kappa shape index (κ1) is 10.2. The summed E-state index contributed by atoms with van der Waals surface area (Å²) in [5.74, 6) is -0.400. The summed E-state index contributed by atoms with van der Waals surface area (Å²) in [6, 6.07) is 10.2. The molecule has 15 heavy (non-hydrogen) atoms. The van der Waals surface area contributed by atoms with Crippen LogP contribution in [0.15, 0.2) is 30.3 Å². The molecule has 0 radical (unpaired) electrons. The highest BCUT2D eigenvalue weighted by atomic mass is 16.4. The van der Waals surface area contributed by atoms with Gasteiger partial charge < -0.3 is 5.11 Å². The van der Waals surface area contributed by atoms with Gasteiger partial charge in [-0.15, -0.1) is 0 Å². The van der Waals surface area contributed by atoms with Crippen molar-refractivity contribution in [3.8, 4) is 0 Å². The quantitative estimate of drug-likeness (QED) is 0.822. The van der Waals surface area contributed by atoms with Gasteiger partial charge >= 0.3 is 5.97 Å². The third kappa shape index (κ3) is 2.38. The van der Waals surface area contributed by atoms with E-state index in [4.69, 9.17) is 5.11 Å². The number of benzene rings is 1. The molecular weight excluding hydrogens is 188 g/mol. The zero-order chi connectivity index (χ0) is 10.7. The van der Waals surface area contributed by atoms with E-state index in [1.54, 1.807) is 0 Å². The molecule has 1 aromatic rings. The van der Waals surface area contributed by atoms with Crippen molar-refractivity contribution in [2.45, 2.75) is 25.7 Å². The Labute approximate surface area is 89.9 Å². The van der Waals surface area contributed by atoms with Gasteiger partial charge in [-0.1, -0.05) is 36.8 Å². The molecule has 2 heteroatoms. The van der Waals surface area contributed by atoms with E-state index in [1.165, 1.54) is 5.56 Å². The molecule has 1 aliphatic rings. The normalized spacial score (nSPS) is 25.3. The number of hydrogen-bond donors (Lipinski definition) is 1. The minimum atomic E-state index is -0.617. The number of hydrogen-bond acceptors (Lipinski definition) is 1. The molecule has 2 atom stereocenters. The largest absolute Gasteiger partial charge is 0.481 e. The van der Waals surface area contributed by atoms with Crippen molar-refractivity contribution in [3.05, 3.63) is 35.9 Å². The van der Waals surface area contributed by atoms with Crippen LogP contribution in [0.5, 0.6) is 0 Å². The smallest absolute Gasteiger partial charge is 0.306 e. The van der Waals surface area contributed by atoms with Gasteiger partial charge in [-0.3, -0.25) is 4.79 Å². The highest BCUT2D eigenvalue weighted by Crippen LogP contribution is 2.34. The number of carbonyl (C=O) groups is 1. The van der Waals surface area contributed by atoms with Crippen LogP contribution >= 0.6 is 0 Å². The second kappa shape index (κ2) is 4.47. The predicted octanol–water partition coefficient (Wildman–Crippen LogP) is 2.73. The average Bonchev–Trinajstić information content (AvgIpc) is 2.67. The third-order valence-corrected chi connectivity index (χ3v) is 3.32. The lowest BCUT2D eigenvalue weighted by Gasteiger charge is -2.15. The number of rotatable bonds is 3. The van der Waals surface area contributed by atoms with E-state index in [0.717, 1.165) is 25.7 Å². The molecule has 80 valence electrons. The summed E-state index contributed by atoms with van der Waals surface area (Å²) in [6.07, 6.45) is 3.89. The van der Waals surface area contributed by atoms with E-state index >= 15 is 0 Å². The van der Waals surface area contributed by atoms with Crippen LogP contribution in [-0.2, 0) is 11.2 Å². The predicted molar refractivity (Wildman–Crippen MR) is 58.6 cm³/mol. The Hall–Kier alpha value is -1.31. The molecule has 0 spiro atoms. The molecule has 0 unspecified atom stereocenters. The van der Waals surface area contributed by atoms with Crippen molar-refractivity contribution in [1.82, 2.24) is 0 Å². The first-order valence-corrected chi connectivity index (χ1v) is 5.54. The number of aliphatic carboxylic acids is 1. The monoisotopic (exact) mass is 204 g/mol. The summed E-state index contributed by atoms with van der Waals surface area (Å²) >= 11 is 0. The van der Waals surface area contributed by atoms with Crippen molar-refractivity contribution >= 4 is 5.97 Å². The Balaban J connectivity index is 2.03. The van der Waals surface area contributed by atoms with Crippen LogP contribution in [-0.4, -0.2) is 11.1 Å². The summed E-state index contributed by atoms with van der Waals surface area (Å²) in [5.41, 5.74) is 1.26. The zero-order valence-electron chi connectivity index (χ0n) is 8.73. The molecule has 1 N–H and O–H groups in total. The lowest BCUT2D eigenvalue weighted by atomic mass is 9.90. The minimum Gasteiger partial charge on any atom is -0.481 e. The van der Waals surface area contributed by atoms with E-state index in [-0.39, 0.29) is 5.92 Å². The van der Waals surface area contributed by atoms with Gasteiger partial charge in [-0.25, -0.2) is 0 Å². The summed E-state index contributed by atoms with van der Waals surface area (Å²) < 4.78 is 0. The molecule has 2 nitrogen and oxygen atoms in total. The lowest BCUT2D eigenvalue weighted by Crippen LogP contribution is -2.19. The molecular formula is C13H16O2. The first-order valence-electron chi connectivity index (χ1n) is 5.54. The van der Waals surface area contributed by atoms with E-state index in [9.17, 15) is 4.79 Å². The standard InChI is InChI=1S/C13H16O2/c14-13(15)12-8-4-7-11(12)9-10-5-2-1-3-6-10/h1-3,5-6,11-12H,4,7-9H2,(H,14,15)/t11-,12-/m1/s1. The van der Waals surface area contributed by atoms with Crippen LogP contribution in [0, 0.1) is 11.8 Å². The highest BCUT2D eigenvalue weighted by Gasteiger charge is 2.32. The molecule has 1 saturated carbocycles. The van der Waals surface area contributed by atoms with Crippen LogP contribution in [0.3, 0.4) is 0 Å². The fourth-order valence-electron chi connectivity index (χ4n) is 2.52. The Bertz CT molecular complexity index is 332. The van der Waals surface area contributed by atoms with Crippen molar-refractivity contribution in [3.63, 3.8) is 0 Å². The van der Waals surface area contributed by atoms with Crippen LogP contribution in [0.2, 0.25) is 0 Å². The van der Waals surface area contributed by atoms with Crippen molar-refractivity contribution < 1.29 is 9.90 Å².